The van der Waals surface area contributed by atoms with E-state index in [-0.39, 0.29) is 11.7 Å². The van der Waals surface area contributed by atoms with Crippen LogP contribution < -0.4 is 10.1 Å². The first-order valence-corrected chi connectivity index (χ1v) is 13.4. The number of carbonyl (C=O) groups is 1. The number of halogens is 1. The Balaban J connectivity index is 1.87. The number of amides is 1. The Morgan fingerprint density at radius 2 is 1.78 bits per heavy atom. The van der Waals surface area contributed by atoms with Crippen LogP contribution in [0.1, 0.15) is 22.1 Å². The lowest BCUT2D eigenvalue weighted by Crippen LogP contribution is -2.20. The summed E-state index contributed by atoms with van der Waals surface area (Å²) in [4.78, 5) is 19.0. The zero-order valence-corrected chi connectivity index (χ0v) is 20.8. The van der Waals surface area contributed by atoms with Crippen molar-refractivity contribution in [3.05, 3.63) is 77.2 Å². The predicted molar refractivity (Wildman–Crippen MR) is 135 cm³/mol. The molecule has 3 aromatic rings. The van der Waals surface area contributed by atoms with E-state index in [1.807, 2.05) is 49.8 Å². The highest BCUT2D eigenvalue weighted by molar-refractivity contribution is 8.00. The minimum Gasteiger partial charge on any atom is -0.497 e. The van der Waals surface area contributed by atoms with Gasteiger partial charge in [-0.2, -0.15) is 0 Å². The number of pyridine rings is 1. The number of thioether (sulfide) groups is 3. The highest BCUT2D eigenvalue weighted by Gasteiger charge is 2.24. The number of hydrogen-bond donors (Lipinski definition) is 1. The van der Waals surface area contributed by atoms with Gasteiger partial charge in [-0.1, -0.05) is 24.3 Å². The lowest BCUT2D eigenvalue weighted by atomic mass is 10.1. The van der Waals surface area contributed by atoms with Crippen molar-refractivity contribution in [2.75, 3.05) is 24.9 Å². The molecule has 1 N–H and O–H groups in total. The Morgan fingerprint density at radius 1 is 1.09 bits per heavy atom. The molecule has 2 aromatic carbocycles. The van der Waals surface area contributed by atoms with Crippen molar-refractivity contribution < 1.29 is 13.9 Å². The molecule has 4 nitrogen and oxygen atoms in total. The van der Waals surface area contributed by atoms with Crippen molar-refractivity contribution in [2.24, 2.45) is 0 Å². The third-order valence-corrected chi connectivity index (χ3v) is 7.49. The fourth-order valence-corrected chi connectivity index (χ4v) is 5.51. The van der Waals surface area contributed by atoms with Crippen molar-refractivity contribution in [2.45, 2.75) is 27.8 Å². The van der Waals surface area contributed by atoms with E-state index in [4.69, 9.17) is 4.74 Å². The lowest BCUT2D eigenvalue weighted by Gasteiger charge is -2.20. The van der Waals surface area contributed by atoms with E-state index in [2.05, 4.69) is 10.3 Å². The Hall–Kier alpha value is -2.16. The molecule has 168 valence electrons. The van der Waals surface area contributed by atoms with Gasteiger partial charge in [0.1, 0.15) is 21.8 Å². The summed E-state index contributed by atoms with van der Waals surface area (Å²) in [6, 6.07) is 15.8. The third-order valence-electron chi connectivity index (χ3n) is 4.73. The van der Waals surface area contributed by atoms with Gasteiger partial charge >= 0.3 is 0 Å². The summed E-state index contributed by atoms with van der Waals surface area (Å²) in [5.41, 5.74) is 3.44. The fourth-order valence-electron chi connectivity index (χ4n) is 3.09. The second-order valence-electron chi connectivity index (χ2n) is 6.93. The van der Waals surface area contributed by atoms with Gasteiger partial charge in [-0.15, -0.1) is 35.3 Å². The van der Waals surface area contributed by atoms with Crippen molar-refractivity contribution in [1.29, 1.82) is 0 Å². The summed E-state index contributed by atoms with van der Waals surface area (Å²) in [6.07, 6.45) is 3.92. The number of hydrogen-bond acceptors (Lipinski definition) is 6. The summed E-state index contributed by atoms with van der Waals surface area (Å²) in [6.45, 7) is 1.94. The number of methoxy groups -OCH3 is 1. The Morgan fingerprint density at radius 3 is 2.38 bits per heavy atom. The molecule has 0 fully saturated rings. The van der Waals surface area contributed by atoms with Gasteiger partial charge in [0.25, 0.3) is 0 Å². The molecular weight excluding hydrogens is 463 g/mol. The van der Waals surface area contributed by atoms with Crippen LogP contribution in [0.25, 0.3) is 0 Å². The number of aromatic nitrogens is 1. The molecule has 0 aliphatic carbocycles. The smallest absolute Gasteiger partial charge is 0.242 e. The fraction of sp³-hybridized carbons (Fsp3) is 0.250. The molecule has 1 aromatic heterocycles. The minimum absolute atomic E-state index is 0.161. The maximum absolute atomic E-state index is 13.5. The average molecular weight is 489 g/mol. The van der Waals surface area contributed by atoms with E-state index in [0.29, 0.717) is 5.75 Å². The van der Waals surface area contributed by atoms with E-state index < -0.39 is 5.25 Å². The molecule has 0 spiro atoms. The lowest BCUT2D eigenvalue weighted by molar-refractivity contribution is -0.115. The van der Waals surface area contributed by atoms with Crippen LogP contribution in [0.3, 0.4) is 0 Å². The number of aryl methyl sites for hydroxylation is 1. The molecule has 1 atom stereocenters. The number of nitrogens with zero attached hydrogens (tertiary/aromatic N) is 1. The first-order valence-electron chi connectivity index (χ1n) is 9.85. The van der Waals surface area contributed by atoms with Gasteiger partial charge in [-0.3, -0.25) is 4.79 Å². The van der Waals surface area contributed by atoms with Crippen LogP contribution in [0, 0.1) is 12.7 Å². The quantitative estimate of drug-likeness (QED) is 0.343. The second kappa shape index (κ2) is 11.6. The zero-order valence-electron chi connectivity index (χ0n) is 18.3. The summed E-state index contributed by atoms with van der Waals surface area (Å²) < 4.78 is 18.7. The predicted octanol–water partition coefficient (Wildman–Crippen LogP) is 6.59. The number of rotatable bonds is 9. The molecular formula is C24H25FN2O2S3. The molecule has 1 heterocycles. The molecule has 1 amide bonds. The number of carbonyl (C=O) groups excluding carboxylic acids is 1. The Bertz CT molecular complexity index is 1030. The standard InChI is InChI=1S/C24H25FN2O2S3/c1-15-13-20(30-3)21(24(26-15)31-4)27-23(28)22(17-7-9-18(25)10-8-17)32-14-16-5-11-19(29-2)12-6-16/h5-13,22H,14H2,1-4H3,(H,27,28). The van der Waals surface area contributed by atoms with E-state index in [1.165, 1.54) is 35.7 Å². The summed E-state index contributed by atoms with van der Waals surface area (Å²) >= 11 is 4.56. The van der Waals surface area contributed by atoms with Gasteiger partial charge in [0, 0.05) is 16.3 Å². The van der Waals surface area contributed by atoms with E-state index in [0.717, 1.165) is 38.2 Å². The van der Waals surface area contributed by atoms with Gasteiger partial charge in [-0.05, 0) is 60.9 Å². The van der Waals surface area contributed by atoms with Crippen LogP contribution in [-0.2, 0) is 10.5 Å². The van der Waals surface area contributed by atoms with Gasteiger partial charge in [0.2, 0.25) is 5.91 Å². The molecule has 0 radical (unpaired) electrons. The molecule has 0 saturated carbocycles. The molecule has 8 heteroatoms. The SMILES string of the molecule is COc1ccc(CSC(C(=O)Nc2c(SC)cc(C)nc2SC)c2ccc(F)cc2)cc1. The van der Waals surface area contributed by atoms with E-state index in [1.54, 1.807) is 31.0 Å². The largest absolute Gasteiger partial charge is 0.497 e. The third kappa shape index (κ3) is 6.21. The van der Waals surface area contributed by atoms with Crippen molar-refractivity contribution in [3.63, 3.8) is 0 Å². The van der Waals surface area contributed by atoms with Crippen LogP contribution in [0.5, 0.6) is 5.75 Å². The summed E-state index contributed by atoms with van der Waals surface area (Å²) in [7, 11) is 1.63. The van der Waals surface area contributed by atoms with Crippen molar-refractivity contribution in [1.82, 2.24) is 4.98 Å². The Labute approximate surface area is 201 Å². The normalized spacial score (nSPS) is 11.8. The number of ether oxygens (including phenoxy) is 1. The first-order chi connectivity index (χ1) is 15.4. The van der Waals surface area contributed by atoms with Crippen LogP contribution in [0.2, 0.25) is 0 Å². The van der Waals surface area contributed by atoms with Crippen LogP contribution in [0.4, 0.5) is 10.1 Å². The average Bonchev–Trinajstić information content (AvgIpc) is 2.81. The molecule has 0 bridgehead atoms. The highest BCUT2D eigenvalue weighted by atomic mass is 32.2. The first kappa shape index (κ1) is 24.5. The maximum Gasteiger partial charge on any atom is 0.242 e. The molecule has 3 rings (SSSR count). The van der Waals surface area contributed by atoms with E-state index >= 15 is 0 Å². The maximum atomic E-state index is 13.5. The van der Waals surface area contributed by atoms with Crippen molar-refractivity contribution in [3.8, 4) is 5.75 Å². The van der Waals surface area contributed by atoms with E-state index in [9.17, 15) is 9.18 Å². The topological polar surface area (TPSA) is 51.2 Å². The highest BCUT2D eigenvalue weighted by Crippen LogP contribution is 2.37. The Kier molecular flexibility index (Phi) is 8.90. The molecule has 1 unspecified atom stereocenters. The van der Waals surface area contributed by atoms with Gasteiger partial charge in [0.05, 0.1) is 12.8 Å². The number of anilines is 1. The molecule has 0 aliphatic rings. The zero-order chi connectivity index (χ0) is 23.1. The summed E-state index contributed by atoms with van der Waals surface area (Å²) in [5, 5.41) is 3.37. The van der Waals surface area contributed by atoms with Crippen LogP contribution in [-0.4, -0.2) is 30.5 Å². The van der Waals surface area contributed by atoms with Gasteiger partial charge < -0.3 is 10.1 Å². The molecule has 0 saturated heterocycles. The number of benzene rings is 2. The number of nitrogens with one attached hydrogen (secondary N) is 1. The van der Waals surface area contributed by atoms with Gasteiger partial charge in [-0.25, -0.2) is 9.37 Å². The minimum atomic E-state index is -0.511. The molecule has 32 heavy (non-hydrogen) atoms. The summed E-state index contributed by atoms with van der Waals surface area (Å²) in [5.74, 6) is 0.917. The van der Waals surface area contributed by atoms with Crippen LogP contribution >= 0.6 is 35.3 Å². The van der Waals surface area contributed by atoms with Crippen LogP contribution in [0.15, 0.2) is 64.5 Å². The molecule has 0 aliphatic heterocycles. The van der Waals surface area contributed by atoms with Crippen molar-refractivity contribution >= 4 is 46.9 Å². The van der Waals surface area contributed by atoms with Gasteiger partial charge in [0.15, 0.2) is 0 Å². The second-order valence-corrected chi connectivity index (χ2v) is 9.67. The monoisotopic (exact) mass is 488 g/mol.